The number of hydrogen-bond acceptors (Lipinski definition) is 6. The summed E-state index contributed by atoms with van der Waals surface area (Å²) in [6.07, 6.45) is 4.05. The lowest BCUT2D eigenvalue weighted by Gasteiger charge is -2.43. The normalized spacial score (nSPS) is 19.3. The number of amides is 1. The number of piperidine rings is 1. The first-order valence-corrected chi connectivity index (χ1v) is 9.48. The third-order valence-corrected chi connectivity index (χ3v) is 5.41. The molecule has 1 aliphatic rings. The van der Waals surface area contributed by atoms with Crippen LogP contribution in [0.25, 0.3) is 11.0 Å². The molecule has 1 fully saturated rings. The van der Waals surface area contributed by atoms with Gasteiger partial charge < -0.3 is 19.5 Å². The Hall–Kier alpha value is -3.08. The van der Waals surface area contributed by atoms with Gasteiger partial charge in [0.2, 0.25) is 5.91 Å². The molecule has 148 valence electrons. The minimum absolute atomic E-state index is 0.00469. The minimum atomic E-state index is -0.416. The van der Waals surface area contributed by atoms with E-state index < -0.39 is 5.97 Å². The molecule has 1 saturated heterocycles. The molecule has 2 aromatic heterocycles. The van der Waals surface area contributed by atoms with E-state index in [0.29, 0.717) is 30.2 Å². The van der Waals surface area contributed by atoms with Gasteiger partial charge in [0, 0.05) is 44.0 Å². The summed E-state index contributed by atoms with van der Waals surface area (Å²) >= 11 is 0. The number of pyridine rings is 1. The van der Waals surface area contributed by atoms with Crippen molar-refractivity contribution in [1.29, 1.82) is 5.26 Å². The molecule has 0 bridgehead atoms. The smallest absolute Gasteiger partial charge is 0.341 e. The van der Waals surface area contributed by atoms with Crippen LogP contribution in [0.5, 0.6) is 0 Å². The molecule has 0 aromatic carbocycles. The topological polar surface area (TPSA) is 102 Å². The maximum absolute atomic E-state index is 12.6. The summed E-state index contributed by atoms with van der Waals surface area (Å²) in [4.78, 5) is 36.0. The fourth-order valence-electron chi connectivity index (χ4n) is 3.86. The van der Waals surface area contributed by atoms with Crippen LogP contribution >= 0.6 is 0 Å². The number of rotatable bonds is 5. The molecule has 1 N–H and O–H groups in total. The zero-order valence-electron chi connectivity index (χ0n) is 16.4. The Morgan fingerprint density at radius 1 is 1.50 bits per heavy atom. The van der Waals surface area contributed by atoms with Crippen LogP contribution in [0.2, 0.25) is 0 Å². The van der Waals surface area contributed by atoms with Crippen LogP contribution in [0, 0.1) is 17.2 Å². The van der Waals surface area contributed by atoms with E-state index in [9.17, 15) is 9.59 Å². The quantitative estimate of drug-likeness (QED) is 0.795. The van der Waals surface area contributed by atoms with Crippen molar-refractivity contribution in [2.75, 3.05) is 31.6 Å². The Bertz CT molecular complexity index is 916. The van der Waals surface area contributed by atoms with Gasteiger partial charge in [-0.05, 0) is 25.3 Å². The predicted octanol–water partition coefficient (Wildman–Crippen LogP) is 2.33. The maximum atomic E-state index is 12.6. The van der Waals surface area contributed by atoms with E-state index in [1.54, 1.807) is 18.0 Å². The number of esters is 1. The van der Waals surface area contributed by atoms with Crippen molar-refractivity contribution in [2.45, 2.75) is 32.7 Å². The number of aromatic amines is 1. The fraction of sp³-hybridized carbons (Fsp3) is 0.500. The van der Waals surface area contributed by atoms with Crippen LogP contribution in [0.15, 0.2) is 18.5 Å². The third kappa shape index (κ3) is 3.65. The number of likely N-dealkylation sites (N-methyl/N-ethyl adjacent to an activating group) is 1. The van der Waals surface area contributed by atoms with Gasteiger partial charge >= 0.3 is 5.97 Å². The first-order valence-electron chi connectivity index (χ1n) is 9.48. The van der Waals surface area contributed by atoms with Crippen LogP contribution in [0.1, 0.15) is 37.0 Å². The highest BCUT2D eigenvalue weighted by atomic mass is 16.5. The van der Waals surface area contributed by atoms with E-state index in [-0.39, 0.29) is 25.0 Å². The SMILES string of the molecule is CCOC(=O)c1cnc2[nH]ccc2c1N(C)C1CN(C(=O)CC#N)CCC1C. The number of carbonyl (C=O) groups is 2. The van der Waals surface area contributed by atoms with E-state index in [2.05, 4.69) is 21.8 Å². The van der Waals surface area contributed by atoms with Gasteiger partial charge in [0.1, 0.15) is 17.6 Å². The van der Waals surface area contributed by atoms with E-state index in [0.717, 1.165) is 17.5 Å². The average molecular weight is 383 g/mol. The molecule has 0 saturated carbocycles. The number of H-pyrrole nitrogens is 1. The number of anilines is 1. The van der Waals surface area contributed by atoms with Gasteiger partial charge in [-0.15, -0.1) is 0 Å². The number of hydrogen-bond donors (Lipinski definition) is 1. The van der Waals surface area contributed by atoms with Crippen LogP contribution in [-0.2, 0) is 9.53 Å². The van der Waals surface area contributed by atoms with Crippen molar-refractivity contribution in [2.24, 2.45) is 5.92 Å². The maximum Gasteiger partial charge on any atom is 0.341 e. The minimum Gasteiger partial charge on any atom is -0.462 e. The molecule has 1 amide bonds. The molecule has 2 atom stereocenters. The second-order valence-corrected chi connectivity index (χ2v) is 7.10. The van der Waals surface area contributed by atoms with Crippen molar-refractivity contribution in [3.8, 4) is 6.07 Å². The van der Waals surface area contributed by atoms with Gasteiger partial charge in [0.05, 0.1) is 18.4 Å². The Labute approximate surface area is 164 Å². The lowest BCUT2D eigenvalue weighted by molar-refractivity contribution is -0.131. The van der Waals surface area contributed by atoms with E-state index in [1.165, 1.54) is 6.20 Å². The molecule has 2 unspecified atom stereocenters. The van der Waals surface area contributed by atoms with Crippen molar-refractivity contribution in [3.63, 3.8) is 0 Å². The number of ether oxygens (including phenoxy) is 1. The molecular weight excluding hydrogens is 358 g/mol. The zero-order chi connectivity index (χ0) is 20.3. The van der Waals surface area contributed by atoms with Gasteiger partial charge in [0.15, 0.2) is 0 Å². The summed E-state index contributed by atoms with van der Waals surface area (Å²) in [7, 11) is 1.93. The summed E-state index contributed by atoms with van der Waals surface area (Å²) in [5.41, 5.74) is 1.84. The van der Waals surface area contributed by atoms with E-state index >= 15 is 0 Å². The van der Waals surface area contributed by atoms with Crippen molar-refractivity contribution in [1.82, 2.24) is 14.9 Å². The van der Waals surface area contributed by atoms with Crippen LogP contribution in [0.3, 0.4) is 0 Å². The lowest BCUT2D eigenvalue weighted by Crippen LogP contribution is -2.52. The molecule has 3 rings (SSSR count). The van der Waals surface area contributed by atoms with Gasteiger partial charge in [-0.2, -0.15) is 5.26 Å². The first-order chi connectivity index (χ1) is 13.5. The predicted molar refractivity (Wildman–Crippen MR) is 105 cm³/mol. The largest absolute Gasteiger partial charge is 0.462 e. The first kappa shape index (κ1) is 19.7. The fourth-order valence-corrected chi connectivity index (χ4v) is 3.86. The van der Waals surface area contributed by atoms with E-state index in [1.807, 2.05) is 19.2 Å². The number of carbonyl (C=O) groups excluding carboxylic acids is 2. The average Bonchev–Trinajstić information content (AvgIpc) is 3.16. The molecule has 3 heterocycles. The van der Waals surface area contributed by atoms with Crippen LogP contribution in [-0.4, -0.2) is 59.5 Å². The van der Waals surface area contributed by atoms with Crippen LogP contribution in [0.4, 0.5) is 5.69 Å². The number of nitriles is 1. The van der Waals surface area contributed by atoms with E-state index in [4.69, 9.17) is 10.00 Å². The molecular formula is C20H25N5O3. The molecule has 2 aromatic rings. The summed E-state index contributed by atoms with van der Waals surface area (Å²) in [6, 6.07) is 3.83. The highest BCUT2D eigenvalue weighted by molar-refractivity contribution is 6.04. The molecule has 0 radical (unpaired) electrons. The van der Waals surface area contributed by atoms with Gasteiger partial charge in [-0.25, -0.2) is 9.78 Å². The van der Waals surface area contributed by atoms with Crippen molar-refractivity contribution in [3.05, 3.63) is 24.0 Å². The summed E-state index contributed by atoms with van der Waals surface area (Å²) in [5.74, 6) is -0.255. The Morgan fingerprint density at radius 2 is 2.29 bits per heavy atom. The third-order valence-electron chi connectivity index (χ3n) is 5.41. The molecule has 0 aliphatic carbocycles. The lowest BCUT2D eigenvalue weighted by atomic mass is 9.91. The molecule has 28 heavy (non-hydrogen) atoms. The summed E-state index contributed by atoms with van der Waals surface area (Å²) < 4.78 is 5.23. The highest BCUT2D eigenvalue weighted by Gasteiger charge is 2.34. The zero-order valence-corrected chi connectivity index (χ0v) is 16.4. The van der Waals surface area contributed by atoms with Gasteiger partial charge in [-0.1, -0.05) is 6.92 Å². The molecule has 1 aliphatic heterocycles. The van der Waals surface area contributed by atoms with Crippen LogP contribution < -0.4 is 4.90 Å². The Kier molecular flexibility index (Phi) is 5.83. The number of nitrogens with one attached hydrogen (secondary N) is 1. The summed E-state index contributed by atoms with van der Waals surface area (Å²) in [6.45, 7) is 5.35. The van der Waals surface area contributed by atoms with Gasteiger partial charge in [0.25, 0.3) is 0 Å². The highest BCUT2D eigenvalue weighted by Crippen LogP contribution is 2.33. The Morgan fingerprint density at radius 3 is 3.00 bits per heavy atom. The molecule has 8 nitrogen and oxygen atoms in total. The second-order valence-electron chi connectivity index (χ2n) is 7.10. The second kappa shape index (κ2) is 8.30. The van der Waals surface area contributed by atoms with Crippen molar-refractivity contribution >= 4 is 28.6 Å². The number of nitrogens with zero attached hydrogens (tertiary/aromatic N) is 4. The number of aromatic nitrogens is 2. The van der Waals surface area contributed by atoms with Gasteiger partial charge in [-0.3, -0.25) is 4.79 Å². The van der Waals surface area contributed by atoms with Crippen molar-refractivity contribution < 1.29 is 14.3 Å². The Balaban J connectivity index is 1.99. The number of likely N-dealkylation sites (tertiary alicyclic amines) is 1. The molecule has 0 spiro atoms. The summed E-state index contributed by atoms with van der Waals surface area (Å²) in [5, 5.41) is 9.68. The number of fused-ring (bicyclic) bond motifs is 1. The standard InChI is InChI=1S/C20H25N5O3/c1-4-28-20(27)15-11-23-19-14(6-9-22-19)18(15)24(3)16-12-25(10-7-13(16)2)17(26)5-8-21/h6,9,11,13,16H,4-5,7,10,12H2,1-3H3,(H,22,23). The monoisotopic (exact) mass is 383 g/mol. The molecule has 8 heteroatoms.